The molecule has 0 saturated carbocycles. The van der Waals surface area contributed by atoms with Crippen molar-refractivity contribution in [2.45, 2.75) is 6.92 Å². The number of anilines is 1. The highest BCUT2D eigenvalue weighted by molar-refractivity contribution is 6.34. The van der Waals surface area contributed by atoms with Gasteiger partial charge in [0, 0.05) is 5.69 Å². The summed E-state index contributed by atoms with van der Waals surface area (Å²) >= 11 is 11.4. The molecule has 1 N–H and O–H groups in total. The third-order valence-electron chi connectivity index (χ3n) is 2.09. The molecule has 0 aromatic carbocycles. The summed E-state index contributed by atoms with van der Waals surface area (Å²) in [7, 11) is 0. The highest BCUT2D eigenvalue weighted by Crippen LogP contribution is 2.16. The van der Waals surface area contributed by atoms with E-state index in [0.29, 0.717) is 5.82 Å². The molecule has 0 atom stereocenters. The summed E-state index contributed by atoms with van der Waals surface area (Å²) in [6, 6.07) is 6.64. The average Bonchev–Trinajstić information content (AvgIpc) is 2.32. The number of pyridine rings is 1. The standard InChI is InChI=1S/C11H8Cl2N4O/c1-6-3-2-4-9(14-6)15-11(18)7-5-8(12)16-17-10(7)13/h2-5H,1H3,(H,14,15,18). The molecule has 0 spiro atoms. The van der Waals surface area contributed by atoms with Crippen molar-refractivity contribution in [2.24, 2.45) is 0 Å². The summed E-state index contributed by atoms with van der Waals surface area (Å²) in [6.45, 7) is 1.83. The van der Waals surface area contributed by atoms with Crippen LogP contribution in [0.15, 0.2) is 24.3 Å². The van der Waals surface area contributed by atoms with Crippen molar-refractivity contribution in [2.75, 3.05) is 5.32 Å². The van der Waals surface area contributed by atoms with Gasteiger partial charge in [-0.15, -0.1) is 10.2 Å². The smallest absolute Gasteiger partial charge is 0.260 e. The molecule has 0 aliphatic carbocycles. The molecule has 0 aliphatic heterocycles. The SMILES string of the molecule is Cc1cccc(NC(=O)c2cc(Cl)nnc2Cl)n1. The fourth-order valence-electron chi connectivity index (χ4n) is 1.31. The van der Waals surface area contributed by atoms with E-state index in [-0.39, 0.29) is 15.9 Å². The van der Waals surface area contributed by atoms with Crippen LogP contribution in [0.1, 0.15) is 16.1 Å². The number of rotatable bonds is 2. The van der Waals surface area contributed by atoms with Gasteiger partial charge in [-0.1, -0.05) is 29.3 Å². The van der Waals surface area contributed by atoms with Crippen LogP contribution in [0.4, 0.5) is 5.82 Å². The molecule has 0 bridgehead atoms. The summed E-state index contributed by atoms with van der Waals surface area (Å²) in [6.07, 6.45) is 0. The fraction of sp³-hybridized carbons (Fsp3) is 0.0909. The van der Waals surface area contributed by atoms with Crippen LogP contribution < -0.4 is 5.32 Å². The number of hydrogen-bond donors (Lipinski definition) is 1. The molecule has 1 amide bonds. The lowest BCUT2D eigenvalue weighted by Crippen LogP contribution is -2.14. The first kappa shape index (κ1) is 12.7. The number of nitrogens with zero attached hydrogens (tertiary/aromatic N) is 3. The lowest BCUT2D eigenvalue weighted by molar-refractivity contribution is 0.102. The molecule has 0 unspecified atom stereocenters. The van der Waals surface area contributed by atoms with Crippen LogP contribution in [0.3, 0.4) is 0 Å². The maximum absolute atomic E-state index is 11.9. The highest BCUT2D eigenvalue weighted by Gasteiger charge is 2.13. The topological polar surface area (TPSA) is 67.8 Å². The van der Waals surface area contributed by atoms with Gasteiger partial charge in [0.1, 0.15) is 5.82 Å². The Kier molecular flexibility index (Phi) is 3.74. The molecule has 0 aliphatic rings. The lowest BCUT2D eigenvalue weighted by Gasteiger charge is -2.05. The van der Waals surface area contributed by atoms with Gasteiger partial charge >= 0.3 is 0 Å². The Morgan fingerprint density at radius 3 is 2.78 bits per heavy atom. The van der Waals surface area contributed by atoms with Crippen LogP contribution in [0.5, 0.6) is 0 Å². The fourth-order valence-corrected chi connectivity index (χ4v) is 1.63. The van der Waals surface area contributed by atoms with E-state index in [0.717, 1.165) is 5.69 Å². The molecule has 0 radical (unpaired) electrons. The minimum Gasteiger partial charge on any atom is -0.306 e. The van der Waals surface area contributed by atoms with Crippen LogP contribution in [-0.2, 0) is 0 Å². The zero-order chi connectivity index (χ0) is 13.1. The van der Waals surface area contributed by atoms with E-state index in [1.54, 1.807) is 12.1 Å². The van der Waals surface area contributed by atoms with E-state index >= 15 is 0 Å². The van der Waals surface area contributed by atoms with Gasteiger partial charge in [0.2, 0.25) is 0 Å². The number of hydrogen-bond acceptors (Lipinski definition) is 4. The molecule has 2 aromatic heterocycles. The molecule has 0 saturated heterocycles. The van der Waals surface area contributed by atoms with Gasteiger partial charge in [-0.05, 0) is 25.1 Å². The van der Waals surface area contributed by atoms with Gasteiger partial charge in [-0.25, -0.2) is 4.98 Å². The summed E-state index contributed by atoms with van der Waals surface area (Å²) in [4.78, 5) is 16.1. The third-order valence-corrected chi connectivity index (χ3v) is 2.56. The zero-order valence-corrected chi connectivity index (χ0v) is 10.8. The molecule has 0 fully saturated rings. The van der Waals surface area contributed by atoms with Crippen LogP contribution in [0.2, 0.25) is 10.3 Å². The van der Waals surface area contributed by atoms with E-state index in [1.165, 1.54) is 6.07 Å². The molecule has 2 rings (SSSR count). The van der Waals surface area contributed by atoms with E-state index < -0.39 is 5.91 Å². The number of amides is 1. The predicted molar refractivity (Wildman–Crippen MR) is 69.0 cm³/mol. The maximum Gasteiger partial charge on any atom is 0.260 e. The zero-order valence-electron chi connectivity index (χ0n) is 9.32. The lowest BCUT2D eigenvalue weighted by atomic mass is 10.3. The molecule has 5 nitrogen and oxygen atoms in total. The maximum atomic E-state index is 11.9. The second-order valence-corrected chi connectivity index (χ2v) is 4.24. The summed E-state index contributed by atoms with van der Waals surface area (Å²) < 4.78 is 0. The van der Waals surface area contributed by atoms with Crippen molar-refractivity contribution in [1.29, 1.82) is 0 Å². The number of carbonyl (C=O) groups excluding carboxylic acids is 1. The van der Waals surface area contributed by atoms with E-state index in [2.05, 4.69) is 20.5 Å². The second kappa shape index (κ2) is 5.29. The van der Waals surface area contributed by atoms with Crippen molar-refractivity contribution >= 4 is 34.9 Å². The number of aromatic nitrogens is 3. The van der Waals surface area contributed by atoms with Gasteiger partial charge in [0.25, 0.3) is 5.91 Å². The summed E-state index contributed by atoms with van der Waals surface area (Å²) in [5.74, 6) is -0.00102. The Morgan fingerprint density at radius 2 is 2.06 bits per heavy atom. The minimum absolute atomic E-state index is 0.00967. The highest BCUT2D eigenvalue weighted by atomic mass is 35.5. The quantitative estimate of drug-likeness (QED) is 0.920. The number of aryl methyl sites for hydroxylation is 1. The van der Waals surface area contributed by atoms with Gasteiger partial charge in [0.05, 0.1) is 5.56 Å². The van der Waals surface area contributed by atoms with Gasteiger partial charge in [0.15, 0.2) is 10.3 Å². The summed E-state index contributed by atoms with van der Waals surface area (Å²) in [5, 5.41) is 9.79. The molecule has 2 aromatic rings. The largest absolute Gasteiger partial charge is 0.306 e. The molecule has 7 heteroatoms. The number of nitrogens with one attached hydrogen (secondary N) is 1. The first-order chi connectivity index (χ1) is 8.56. The van der Waals surface area contributed by atoms with Crippen molar-refractivity contribution in [3.63, 3.8) is 0 Å². The van der Waals surface area contributed by atoms with Crippen LogP contribution in [0.25, 0.3) is 0 Å². The monoisotopic (exact) mass is 282 g/mol. The van der Waals surface area contributed by atoms with Crippen molar-refractivity contribution in [3.8, 4) is 0 Å². The van der Waals surface area contributed by atoms with Crippen molar-refractivity contribution in [1.82, 2.24) is 15.2 Å². The normalized spacial score (nSPS) is 10.2. The second-order valence-electron chi connectivity index (χ2n) is 3.49. The van der Waals surface area contributed by atoms with Gasteiger partial charge in [-0.2, -0.15) is 0 Å². The molecule has 18 heavy (non-hydrogen) atoms. The third kappa shape index (κ3) is 2.94. The Hall–Kier alpha value is -1.72. The van der Waals surface area contributed by atoms with Crippen LogP contribution in [-0.4, -0.2) is 21.1 Å². The number of carbonyl (C=O) groups is 1. The van der Waals surface area contributed by atoms with Crippen molar-refractivity contribution < 1.29 is 4.79 Å². The van der Waals surface area contributed by atoms with E-state index in [9.17, 15) is 4.79 Å². The minimum atomic E-state index is -0.435. The van der Waals surface area contributed by atoms with Crippen LogP contribution >= 0.6 is 23.2 Å². The Balaban J connectivity index is 2.24. The molecular weight excluding hydrogens is 275 g/mol. The Morgan fingerprint density at radius 1 is 1.28 bits per heavy atom. The van der Waals surface area contributed by atoms with E-state index in [4.69, 9.17) is 23.2 Å². The Labute approximate surface area is 113 Å². The Bertz CT molecular complexity index is 603. The first-order valence-corrected chi connectivity index (χ1v) is 5.75. The molecule has 92 valence electrons. The van der Waals surface area contributed by atoms with Crippen molar-refractivity contribution in [3.05, 3.63) is 45.8 Å². The molecular formula is C11H8Cl2N4O. The van der Waals surface area contributed by atoms with Crippen LogP contribution in [0, 0.1) is 6.92 Å². The number of halogens is 2. The van der Waals surface area contributed by atoms with Gasteiger partial charge < -0.3 is 5.32 Å². The first-order valence-electron chi connectivity index (χ1n) is 5.00. The predicted octanol–water partition coefficient (Wildman–Crippen LogP) is 2.74. The molecule has 2 heterocycles. The van der Waals surface area contributed by atoms with Gasteiger partial charge in [-0.3, -0.25) is 4.79 Å². The summed E-state index contributed by atoms with van der Waals surface area (Å²) in [5.41, 5.74) is 0.949. The van der Waals surface area contributed by atoms with E-state index in [1.807, 2.05) is 13.0 Å². The average molecular weight is 283 g/mol.